The number of ether oxygens (including phenoxy) is 1. The van der Waals surface area contributed by atoms with Crippen molar-refractivity contribution >= 4 is 17.6 Å². The third-order valence-corrected chi connectivity index (χ3v) is 3.75. The molecule has 2 aromatic rings. The number of rotatable bonds is 5. The Hall–Kier alpha value is -1.75. The van der Waals surface area contributed by atoms with Gasteiger partial charge in [-0.2, -0.15) is 4.98 Å². The lowest BCUT2D eigenvalue weighted by molar-refractivity contribution is 0.452. The van der Waals surface area contributed by atoms with Crippen LogP contribution in [0.5, 0.6) is 11.6 Å². The Morgan fingerprint density at radius 3 is 2.57 bits per heavy atom. The lowest BCUT2D eigenvalue weighted by Gasteiger charge is -2.13. The molecule has 21 heavy (non-hydrogen) atoms. The van der Waals surface area contributed by atoms with Crippen LogP contribution in [-0.4, -0.2) is 22.8 Å². The molecule has 112 valence electrons. The number of nitrogens with zero attached hydrogens (tertiary/aromatic N) is 2. The van der Waals surface area contributed by atoms with Gasteiger partial charge < -0.3 is 10.1 Å². The molecule has 0 saturated heterocycles. The number of hydrogen-bond donors (Lipinski definition) is 1. The second-order valence-electron chi connectivity index (χ2n) is 4.92. The number of anilines is 1. The zero-order valence-electron chi connectivity index (χ0n) is 13.2. The van der Waals surface area contributed by atoms with Gasteiger partial charge in [0.25, 0.3) is 0 Å². The Bertz CT molecular complexity index is 644. The van der Waals surface area contributed by atoms with Crippen LogP contribution in [0.25, 0.3) is 0 Å². The highest BCUT2D eigenvalue weighted by molar-refractivity contribution is 7.98. The highest BCUT2D eigenvalue weighted by Crippen LogP contribution is 2.29. The van der Waals surface area contributed by atoms with Crippen molar-refractivity contribution in [1.29, 1.82) is 0 Å². The molecular formula is C16H21N3OS. The number of thioether (sulfide) groups is 1. The molecule has 0 atom stereocenters. The molecule has 0 aliphatic heterocycles. The molecule has 0 radical (unpaired) electrons. The van der Waals surface area contributed by atoms with Crippen LogP contribution < -0.4 is 10.1 Å². The van der Waals surface area contributed by atoms with Crippen LogP contribution in [0, 0.1) is 20.8 Å². The SMILES string of the molecule is CCNc1cc(Oc2cc(C)cc(C)c2C)nc(SC)n1. The monoisotopic (exact) mass is 303 g/mol. The van der Waals surface area contributed by atoms with Gasteiger partial charge in [-0.3, -0.25) is 0 Å². The molecule has 1 aromatic carbocycles. The minimum Gasteiger partial charge on any atom is -0.439 e. The fourth-order valence-corrected chi connectivity index (χ4v) is 2.41. The Kier molecular flexibility index (Phi) is 5.07. The average molecular weight is 303 g/mol. The zero-order chi connectivity index (χ0) is 15.4. The molecule has 1 heterocycles. The molecule has 0 saturated carbocycles. The molecular weight excluding hydrogens is 282 g/mol. The van der Waals surface area contributed by atoms with Crippen LogP contribution in [0.15, 0.2) is 23.4 Å². The third kappa shape index (κ3) is 3.88. The highest BCUT2D eigenvalue weighted by Gasteiger charge is 2.09. The van der Waals surface area contributed by atoms with E-state index >= 15 is 0 Å². The van der Waals surface area contributed by atoms with Gasteiger partial charge in [0, 0.05) is 12.6 Å². The van der Waals surface area contributed by atoms with Gasteiger partial charge in [-0.15, -0.1) is 0 Å². The van der Waals surface area contributed by atoms with Gasteiger partial charge in [-0.05, 0) is 56.7 Å². The average Bonchev–Trinajstić information content (AvgIpc) is 2.44. The van der Waals surface area contributed by atoms with Crippen molar-refractivity contribution in [2.24, 2.45) is 0 Å². The van der Waals surface area contributed by atoms with Crippen molar-refractivity contribution in [3.63, 3.8) is 0 Å². The van der Waals surface area contributed by atoms with E-state index in [1.165, 1.54) is 22.9 Å². The van der Waals surface area contributed by atoms with Gasteiger partial charge in [0.15, 0.2) is 5.16 Å². The first-order valence-corrected chi connectivity index (χ1v) is 8.18. The van der Waals surface area contributed by atoms with E-state index < -0.39 is 0 Å². The Morgan fingerprint density at radius 1 is 1.14 bits per heavy atom. The highest BCUT2D eigenvalue weighted by atomic mass is 32.2. The maximum atomic E-state index is 6.00. The summed E-state index contributed by atoms with van der Waals surface area (Å²) in [7, 11) is 0. The maximum Gasteiger partial charge on any atom is 0.225 e. The normalized spacial score (nSPS) is 10.5. The smallest absolute Gasteiger partial charge is 0.225 e. The van der Waals surface area contributed by atoms with E-state index in [0.29, 0.717) is 11.0 Å². The lowest BCUT2D eigenvalue weighted by Crippen LogP contribution is -2.02. The summed E-state index contributed by atoms with van der Waals surface area (Å²) in [5.41, 5.74) is 3.53. The molecule has 0 aliphatic carbocycles. The molecule has 0 amide bonds. The molecule has 1 aromatic heterocycles. The van der Waals surface area contributed by atoms with E-state index in [4.69, 9.17) is 4.74 Å². The van der Waals surface area contributed by atoms with Gasteiger partial charge in [0.2, 0.25) is 5.88 Å². The first-order chi connectivity index (χ1) is 10.0. The number of benzene rings is 1. The Labute approximate surface area is 130 Å². The Balaban J connectivity index is 2.37. The summed E-state index contributed by atoms with van der Waals surface area (Å²) in [6.45, 7) is 9.07. The van der Waals surface area contributed by atoms with Crippen molar-refractivity contribution in [3.8, 4) is 11.6 Å². The van der Waals surface area contributed by atoms with E-state index in [2.05, 4.69) is 42.1 Å². The predicted molar refractivity (Wildman–Crippen MR) is 88.7 cm³/mol. The van der Waals surface area contributed by atoms with Crippen LogP contribution in [0.4, 0.5) is 5.82 Å². The Morgan fingerprint density at radius 2 is 1.90 bits per heavy atom. The van der Waals surface area contributed by atoms with Crippen molar-refractivity contribution in [2.75, 3.05) is 18.1 Å². The van der Waals surface area contributed by atoms with Crippen molar-refractivity contribution < 1.29 is 4.74 Å². The maximum absolute atomic E-state index is 6.00. The van der Waals surface area contributed by atoms with E-state index in [1.807, 2.05) is 25.3 Å². The zero-order valence-corrected chi connectivity index (χ0v) is 14.0. The van der Waals surface area contributed by atoms with Crippen LogP contribution in [0.2, 0.25) is 0 Å². The predicted octanol–water partition coefficient (Wildman–Crippen LogP) is 4.35. The quantitative estimate of drug-likeness (QED) is 0.657. The molecule has 5 heteroatoms. The van der Waals surface area contributed by atoms with Crippen molar-refractivity contribution in [2.45, 2.75) is 32.9 Å². The van der Waals surface area contributed by atoms with Gasteiger partial charge in [-0.25, -0.2) is 4.98 Å². The largest absolute Gasteiger partial charge is 0.439 e. The molecule has 0 bridgehead atoms. The molecule has 0 unspecified atom stereocenters. The molecule has 2 rings (SSSR count). The van der Waals surface area contributed by atoms with Crippen LogP contribution in [-0.2, 0) is 0 Å². The number of aryl methyl sites for hydroxylation is 2. The topological polar surface area (TPSA) is 47.0 Å². The molecule has 1 N–H and O–H groups in total. The van der Waals surface area contributed by atoms with Crippen LogP contribution in [0.3, 0.4) is 0 Å². The van der Waals surface area contributed by atoms with Gasteiger partial charge in [0.05, 0.1) is 0 Å². The summed E-state index contributed by atoms with van der Waals surface area (Å²) >= 11 is 1.50. The summed E-state index contributed by atoms with van der Waals surface area (Å²) in [6, 6.07) is 6.02. The fourth-order valence-electron chi connectivity index (χ4n) is 2.04. The van der Waals surface area contributed by atoms with Gasteiger partial charge >= 0.3 is 0 Å². The summed E-state index contributed by atoms with van der Waals surface area (Å²) in [5.74, 6) is 2.20. The minimum atomic E-state index is 0.568. The van der Waals surface area contributed by atoms with Gasteiger partial charge in [0.1, 0.15) is 11.6 Å². The summed E-state index contributed by atoms with van der Waals surface area (Å²) in [4.78, 5) is 8.82. The summed E-state index contributed by atoms with van der Waals surface area (Å²) in [6.07, 6.45) is 1.96. The second kappa shape index (κ2) is 6.80. The van der Waals surface area contributed by atoms with E-state index in [1.54, 1.807) is 0 Å². The molecule has 0 aliphatic rings. The van der Waals surface area contributed by atoms with Crippen LogP contribution >= 0.6 is 11.8 Å². The number of aromatic nitrogens is 2. The molecule has 4 nitrogen and oxygen atoms in total. The van der Waals surface area contributed by atoms with Crippen molar-refractivity contribution in [3.05, 3.63) is 34.9 Å². The van der Waals surface area contributed by atoms with Crippen molar-refractivity contribution in [1.82, 2.24) is 9.97 Å². The number of nitrogens with one attached hydrogen (secondary N) is 1. The summed E-state index contributed by atoms with van der Waals surface area (Å²) in [5, 5.41) is 3.90. The third-order valence-electron chi connectivity index (χ3n) is 3.20. The van der Waals surface area contributed by atoms with E-state index in [0.717, 1.165) is 23.7 Å². The standard InChI is InChI=1S/C16H21N3OS/c1-6-17-14-9-15(19-16(18-14)21-5)20-13-8-10(2)7-11(3)12(13)4/h7-9H,6H2,1-5H3,(H,17,18,19). The number of hydrogen-bond acceptors (Lipinski definition) is 5. The summed E-state index contributed by atoms with van der Waals surface area (Å²) < 4.78 is 6.00. The minimum absolute atomic E-state index is 0.568. The molecule has 0 spiro atoms. The first-order valence-electron chi connectivity index (χ1n) is 6.96. The van der Waals surface area contributed by atoms with E-state index in [9.17, 15) is 0 Å². The van der Waals surface area contributed by atoms with Gasteiger partial charge in [-0.1, -0.05) is 17.8 Å². The first kappa shape index (κ1) is 15.6. The van der Waals surface area contributed by atoms with Crippen LogP contribution in [0.1, 0.15) is 23.6 Å². The van der Waals surface area contributed by atoms with E-state index in [-0.39, 0.29) is 0 Å². The second-order valence-corrected chi connectivity index (χ2v) is 5.69. The lowest BCUT2D eigenvalue weighted by atomic mass is 10.1. The molecule has 0 fully saturated rings. The fraction of sp³-hybridized carbons (Fsp3) is 0.375.